The molecule has 260 valence electrons. The van der Waals surface area contributed by atoms with Gasteiger partial charge >= 0.3 is 0 Å². The molecule has 0 N–H and O–H groups in total. The van der Waals surface area contributed by atoms with Gasteiger partial charge in [0.1, 0.15) is 0 Å². The van der Waals surface area contributed by atoms with Gasteiger partial charge < -0.3 is 0 Å². The molecule has 0 aliphatic heterocycles. The molecule has 8 aromatic carbocycles. The molecule has 55 heavy (non-hydrogen) atoms. The van der Waals surface area contributed by atoms with Crippen molar-refractivity contribution in [2.24, 2.45) is 0 Å². The first-order valence-corrected chi connectivity index (χ1v) is 19.0. The summed E-state index contributed by atoms with van der Waals surface area (Å²) in [6.45, 7) is 4.68. The van der Waals surface area contributed by atoms with Crippen LogP contribution in [0.3, 0.4) is 0 Å². The monoisotopic (exact) mass is 702 g/mol. The smallest absolute Gasteiger partial charge is 0.160 e. The van der Waals surface area contributed by atoms with Gasteiger partial charge in [-0.2, -0.15) is 0 Å². The van der Waals surface area contributed by atoms with E-state index in [0.717, 1.165) is 39.3 Å². The lowest BCUT2D eigenvalue weighted by Gasteiger charge is -2.21. The summed E-state index contributed by atoms with van der Waals surface area (Å²) in [5.41, 5.74) is 17.8. The maximum atomic E-state index is 5.14. The molecular formula is C53H38N2. The van der Waals surface area contributed by atoms with E-state index < -0.39 is 0 Å². The number of fused-ring (bicyclic) bond motifs is 4. The fourth-order valence-corrected chi connectivity index (χ4v) is 8.51. The van der Waals surface area contributed by atoms with Crippen LogP contribution >= 0.6 is 0 Å². The number of benzene rings is 8. The van der Waals surface area contributed by atoms with Gasteiger partial charge in [-0.05, 0) is 72.5 Å². The topological polar surface area (TPSA) is 25.8 Å². The fraction of sp³-hybridized carbons (Fsp3) is 0.0566. The highest BCUT2D eigenvalue weighted by Crippen LogP contribution is 2.52. The predicted octanol–water partition coefficient (Wildman–Crippen LogP) is 13.9. The van der Waals surface area contributed by atoms with E-state index in [1.165, 1.54) is 61.0 Å². The second kappa shape index (κ2) is 13.2. The van der Waals surface area contributed by atoms with Gasteiger partial charge in [0.25, 0.3) is 0 Å². The molecule has 0 radical (unpaired) electrons. The van der Waals surface area contributed by atoms with Crippen LogP contribution in [0, 0.1) is 0 Å². The summed E-state index contributed by atoms with van der Waals surface area (Å²) < 4.78 is 0. The Morgan fingerprint density at radius 3 is 1.51 bits per heavy atom. The number of rotatable bonds is 6. The van der Waals surface area contributed by atoms with Crippen molar-refractivity contribution >= 4 is 10.8 Å². The van der Waals surface area contributed by atoms with Crippen molar-refractivity contribution in [3.63, 3.8) is 0 Å². The standard InChI is InChI=1S/C53H38N2/c1-53(2)47-22-12-11-20-46(47)51-42(21-13-23-48(51)53)38-30-26-36(27-31-38)35-24-28-37(29-25-35)41-32-33-45(44-19-10-9-18-43(41)44)50-34-49(39-14-5-3-6-15-39)54-52(55-50)40-16-7-4-8-17-40/h3-34H,1-2H3. The summed E-state index contributed by atoms with van der Waals surface area (Å²) >= 11 is 0. The average Bonchev–Trinajstić information content (AvgIpc) is 3.50. The maximum Gasteiger partial charge on any atom is 0.160 e. The van der Waals surface area contributed by atoms with Crippen LogP contribution in [0.1, 0.15) is 25.0 Å². The summed E-state index contributed by atoms with van der Waals surface area (Å²) in [4.78, 5) is 10.2. The summed E-state index contributed by atoms with van der Waals surface area (Å²) in [6.07, 6.45) is 0. The first-order valence-electron chi connectivity index (χ1n) is 19.0. The van der Waals surface area contributed by atoms with E-state index >= 15 is 0 Å². The lowest BCUT2D eigenvalue weighted by Crippen LogP contribution is -2.14. The molecule has 0 saturated heterocycles. The molecule has 2 nitrogen and oxygen atoms in total. The molecule has 1 aliphatic carbocycles. The number of aromatic nitrogens is 2. The molecule has 0 atom stereocenters. The maximum absolute atomic E-state index is 5.14. The highest BCUT2D eigenvalue weighted by atomic mass is 14.9. The molecule has 0 fully saturated rings. The number of nitrogens with zero attached hydrogens (tertiary/aromatic N) is 2. The van der Waals surface area contributed by atoms with Crippen LogP contribution in [-0.2, 0) is 5.41 Å². The van der Waals surface area contributed by atoms with E-state index in [1.807, 2.05) is 24.3 Å². The summed E-state index contributed by atoms with van der Waals surface area (Å²) in [5, 5.41) is 2.35. The zero-order valence-corrected chi connectivity index (χ0v) is 30.9. The van der Waals surface area contributed by atoms with E-state index in [4.69, 9.17) is 9.97 Å². The Bertz CT molecular complexity index is 2800. The van der Waals surface area contributed by atoms with E-state index in [0.29, 0.717) is 0 Å². The molecule has 0 spiro atoms. The van der Waals surface area contributed by atoms with Gasteiger partial charge in [0.2, 0.25) is 0 Å². The molecule has 1 aliphatic rings. The lowest BCUT2D eigenvalue weighted by atomic mass is 9.82. The van der Waals surface area contributed by atoms with Gasteiger partial charge in [-0.1, -0.05) is 202 Å². The fourth-order valence-electron chi connectivity index (χ4n) is 8.51. The van der Waals surface area contributed by atoms with Gasteiger partial charge in [-0.3, -0.25) is 0 Å². The molecule has 0 unspecified atom stereocenters. The van der Waals surface area contributed by atoms with Crippen molar-refractivity contribution in [1.82, 2.24) is 9.97 Å². The van der Waals surface area contributed by atoms with E-state index in [2.05, 4.69) is 184 Å². The first kappa shape index (κ1) is 32.7. The SMILES string of the molecule is CC1(C)c2ccccc2-c2c(-c3ccc(-c4ccc(-c5ccc(-c6cc(-c7ccccc7)nc(-c7ccccc7)n6)c6ccccc56)cc4)cc3)cccc21. The van der Waals surface area contributed by atoms with Crippen molar-refractivity contribution in [2.75, 3.05) is 0 Å². The zero-order valence-electron chi connectivity index (χ0n) is 30.9. The average molecular weight is 703 g/mol. The van der Waals surface area contributed by atoms with Crippen molar-refractivity contribution < 1.29 is 0 Å². The van der Waals surface area contributed by atoms with Gasteiger partial charge in [0.05, 0.1) is 11.4 Å². The Morgan fingerprint density at radius 2 is 0.818 bits per heavy atom. The van der Waals surface area contributed by atoms with Crippen molar-refractivity contribution in [3.05, 3.63) is 205 Å². The van der Waals surface area contributed by atoms with Crippen LogP contribution in [0.25, 0.3) is 89.2 Å². The Morgan fingerprint density at radius 1 is 0.327 bits per heavy atom. The minimum atomic E-state index is -0.0109. The van der Waals surface area contributed by atoms with Crippen LogP contribution in [0.15, 0.2) is 194 Å². The molecule has 1 heterocycles. The van der Waals surface area contributed by atoms with Gasteiger partial charge in [0, 0.05) is 22.1 Å². The molecule has 9 aromatic rings. The van der Waals surface area contributed by atoms with E-state index in [-0.39, 0.29) is 5.41 Å². The quantitative estimate of drug-likeness (QED) is 0.172. The minimum Gasteiger partial charge on any atom is -0.228 e. The minimum absolute atomic E-state index is 0.0109. The molecule has 0 amide bonds. The van der Waals surface area contributed by atoms with Crippen LogP contribution in [0.5, 0.6) is 0 Å². The third-order valence-corrected chi connectivity index (χ3v) is 11.4. The van der Waals surface area contributed by atoms with Crippen molar-refractivity contribution in [2.45, 2.75) is 19.3 Å². The summed E-state index contributed by atoms with van der Waals surface area (Å²) in [6, 6.07) is 69.5. The van der Waals surface area contributed by atoms with Crippen LogP contribution in [-0.4, -0.2) is 9.97 Å². The van der Waals surface area contributed by atoms with Gasteiger partial charge in [-0.15, -0.1) is 0 Å². The highest BCUT2D eigenvalue weighted by Gasteiger charge is 2.36. The second-order valence-corrected chi connectivity index (χ2v) is 15.0. The normalized spacial score (nSPS) is 12.7. The number of hydrogen-bond donors (Lipinski definition) is 0. The predicted molar refractivity (Wildman–Crippen MR) is 230 cm³/mol. The third-order valence-electron chi connectivity index (χ3n) is 11.4. The highest BCUT2D eigenvalue weighted by molar-refractivity contribution is 6.05. The molecule has 0 saturated carbocycles. The molecule has 2 heteroatoms. The summed E-state index contributed by atoms with van der Waals surface area (Å²) in [5.74, 6) is 0.718. The molecular weight excluding hydrogens is 665 g/mol. The molecule has 10 rings (SSSR count). The molecule has 0 bridgehead atoms. The van der Waals surface area contributed by atoms with Crippen molar-refractivity contribution in [1.29, 1.82) is 0 Å². The molecule has 1 aromatic heterocycles. The largest absolute Gasteiger partial charge is 0.228 e. The first-order chi connectivity index (χ1) is 27.0. The van der Waals surface area contributed by atoms with E-state index in [9.17, 15) is 0 Å². The van der Waals surface area contributed by atoms with Crippen LogP contribution in [0.4, 0.5) is 0 Å². The number of hydrogen-bond acceptors (Lipinski definition) is 2. The Labute approximate surface area is 322 Å². The zero-order chi connectivity index (χ0) is 36.9. The van der Waals surface area contributed by atoms with Crippen LogP contribution < -0.4 is 0 Å². The van der Waals surface area contributed by atoms with Gasteiger partial charge in [0.15, 0.2) is 5.82 Å². The summed E-state index contributed by atoms with van der Waals surface area (Å²) in [7, 11) is 0. The Hall–Kier alpha value is -6.90. The Balaban J connectivity index is 0.989. The lowest BCUT2D eigenvalue weighted by molar-refractivity contribution is 0.660. The Kier molecular flexibility index (Phi) is 7.85. The third kappa shape index (κ3) is 5.66. The van der Waals surface area contributed by atoms with Gasteiger partial charge in [-0.25, -0.2) is 9.97 Å². The van der Waals surface area contributed by atoms with Crippen molar-refractivity contribution in [3.8, 4) is 78.4 Å². The van der Waals surface area contributed by atoms with E-state index in [1.54, 1.807) is 0 Å². The second-order valence-electron chi connectivity index (χ2n) is 15.0. The van der Waals surface area contributed by atoms with Crippen LogP contribution in [0.2, 0.25) is 0 Å².